The van der Waals surface area contributed by atoms with Gasteiger partial charge in [-0.3, -0.25) is 4.79 Å². The third-order valence-electron chi connectivity index (χ3n) is 2.60. The largest absolute Gasteiger partial charge is 0.294 e. The van der Waals surface area contributed by atoms with Crippen molar-refractivity contribution in [3.8, 4) is 0 Å². The van der Waals surface area contributed by atoms with E-state index >= 15 is 0 Å². The minimum absolute atomic E-state index is 0.127. The number of hydrogen-bond donors (Lipinski definition) is 0. The van der Waals surface area contributed by atoms with E-state index in [0.717, 1.165) is 0 Å². The van der Waals surface area contributed by atoms with E-state index in [0.29, 0.717) is 11.4 Å². The van der Waals surface area contributed by atoms with E-state index in [1.807, 2.05) is 13.8 Å². The second-order valence-corrected chi connectivity index (χ2v) is 4.32. The van der Waals surface area contributed by atoms with Crippen LogP contribution in [0.2, 0.25) is 0 Å². The summed E-state index contributed by atoms with van der Waals surface area (Å²) in [6.07, 6.45) is 1.55. The zero-order valence-corrected chi connectivity index (χ0v) is 10.3. The first kappa shape index (κ1) is 12.4. The number of hydrogen-bond acceptors (Lipinski definition) is 3. The average Bonchev–Trinajstić information content (AvgIpc) is 2.77. The molecule has 18 heavy (non-hydrogen) atoms. The van der Waals surface area contributed by atoms with Gasteiger partial charge < -0.3 is 0 Å². The molecule has 0 saturated carbocycles. The highest BCUT2D eigenvalue weighted by molar-refractivity contribution is 5.97. The molecular weight excluding hydrogens is 233 g/mol. The van der Waals surface area contributed by atoms with Crippen molar-refractivity contribution in [1.82, 2.24) is 14.8 Å². The zero-order valence-electron chi connectivity index (χ0n) is 10.3. The van der Waals surface area contributed by atoms with Crippen LogP contribution in [0.25, 0.3) is 0 Å². The number of nitrogens with zero attached hydrogens (tertiary/aromatic N) is 3. The molecule has 1 heterocycles. The van der Waals surface area contributed by atoms with Crippen molar-refractivity contribution in [2.24, 2.45) is 0 Å². The third-order valence-corrected chi connectivity index (χ3v) is 2.60. The van der Waals surface area contributed by atoms with Crippen LogP contribution in [-0.4, -0.2) is 20.5 Å². The predicted octanol–water partition coefficient (Wildman–Crippen LogP) is 2.42. The summed E-state index contributed by atoms with van der Waals surface area (Å²) in [5, 5.41) is 4.06. The lowest BCUT2D eigenvalue weighted by Gasteiger charge is -2.08. The number of ketones is 1. The van der Waals surface area contributed by atoms with Crippen LogP contribution in [0.3, 0.4) is 0 Å². The molecular formula is C13H14FN3O. The van der Waals surface area contributed by atoms with Gasteiger partial charge in [-0.1, -0.05) is 12.1 Å². The first-order valence-electron chi connectivity index (χ1n) is 5.75. The van der Waals surface area contributed by atoms with E-state index in [2.05, 4.69) is 10.1 Å². The van der Waals surface area contributed by atoms with Crippen molar-refractivity contribution in [1.29, 1.82) is 0 Å². The van der Waals surface area contributed by atoms with Gasteiger partial charge in [-0.05, 0) is 26.0 Å². The van der Waals surface area contributed by atoms with Crippen LogP contribution in [0.15, 0.2) is 30.6 Å². The molecule has 0 amide bonds. The van der Waals surface area contributed by atoms with Gasteiger partial charge in [0.1, 0.15) is 18.0 Å². The van der Waals surface area contributed by atoms with E-state index in [-0.39, 0.29) is 18.2 Å². The highest BCUT2D eigenvalue weighted by Gasteiger charge is 2.14. The van der Waals surface area contributed by atoms with Crippen molar-refractivity contribution >= 4 is 5.78 Å². The van der Waals surface area contributed by atoms with Crippen LogP contribution in [0, 0.1) is 5.82 Å². The van der Waals surface area contributed by atoms with E-state index in [4.69, 9.17) is 0 Å². The smallest absolute Gasteiger partial charge is 0.170 e. The van der Waals surface area contributed by atoms with Crippen molar-refractivity contribution < 1.29 is 9.18 Å². The summed E-state index contributed by atoms with van der Waals surface area (Å²) in [5.74, 6) is 0.0230. The summed E-state index contributed by atoms with van der Waals surface area (Å²) in [6.45, 7) is 3.93. The van der Waals surface area contributed by atoms with Crippen molar-refractivity contribution in [3.05, 3.63) is 47.8 Å². The lowest BCUT2D eigenvalue weighted by Crippen LogP contribution is -2.13. The summed E-state index contributed by atoms with van der Waals surface area (Å²) in [7, 11) is 0. The lowest BCUT2D eigenvalue weighted by atomic mass is 10.1. The molecule has 0 aliphatic carbocycles. The van der Waals surface area contributed by atoms with E-state index < -0.39 is 5.82 Å². The lowest BCUT2D eigenvalue weighted by molar-refractivity contribution is 0.0988. The summed E-state index contributed by atoms with van der Waals surface area (Å²) >= 11 is 0. The second-order valence-electron chi connectivity index (χ2n) is 4.32. The van der Waals surface area contributed by atoms with E-state index in [1.54, 1.807) is 10.7 Å². The maximum atomic E-state index is 13.0. The minimum Gasteiger partial charge on any atom is -0.294 e. The Labute approximate surface area is 104 Å². The first-order valence-corrected chi connectivity index (χ1v) is 5.75. The van der Waals surface area contributed by atoms with Crippen LogP contribution in [-0.2, 0) is 6.42 Å². The van der Waals surface area contributed by atoms with Gasteiger partial charge >= 0.3 is 0 Å². The normalized spacial score (nSPS) is 10.9. The Balaban J connectivity index is 2.19. The van der Waals surface area contributed by atoms with Crippen LogP contribution in [0.4, 0.5) is 4.39 Å². The molecule has 0 N–H and O–H groups in total. The quantitative estimate of drug-likeness (QED) is 0.779. The fourth-order valence-electron chi connectivity index (χ4n) is 1.74. The van der Waals surface area contributed by atoms with Gasteiger partial charge in [-0.15, -0.1) is 0 Å². The fourth-order valence-corrected chi connectivity index (χ4v) is 1.74. The molecule has 2 aromatic rings. The number of carbonyl (C=O) groups is 1. The maximum Gasteiger partial charge on any atom is 0.170 e. The van der Waals surface area contributed by atoms with E-state index in [9.17, 15) is 9.18 Å². The van der Waals surface area contributed by atoms with E-state index in [1.165, 1.54) is 24.5 Å². The van der Waals surface area contributed by atoms with Gasteiger partial charge in [0.05, 0.1) is 6.42 Å². The molecule has 0 atom stereocenters. The topological polar surface area (TPSA) is 47.8 Å². The molecule has 0 bridgehead atoms. The standard InChI is InChI=1S/C13H14FN3O/c1-9(2)17-13(15-8-16-17)7-12(18)10-4-3-5-11(14)6-10/h3-6,8-9H,7H2,1-2H3. The Morgan fingerprint density at radius 3 is 2.89 bits per heavy atom. The zero-order chi connectivity index (χ0) is 13.1. The molecule has 0 spiro atoms. The summed E-state index contributed by atoms with van der Waals surface area (Å²) in [4.78, 5) is 16.1. The molecule has 0 unspecified atom stereocenters. The molecule has 4 nitrogen and oxygen atoms in total. The molecule has 1 aromatic heterocycles. The number of rotatable bonds is 4. The SMILES string of the molecule is CC(C)n1ncnc1CC(=O)c1cccc(F)c1. The van der Waals surface area contributed by atoms with Crippen LogP contribution >= 0.6 is 0 Å². The number of aromatic nitrogens is 3. The Kier molecular flexibility index (Phi) is 3.50. The predicted molar refractivity (Wildman–Crippen MR) is 64.8 cm³/mol. The highest BCUT2D eigenvalue weighted by Crippen LogP contribution is 2.10. The monoisotopic (exact) mass is 247 g/mol. The molecule has 0 fully saturated rings. The number of benzene rings is 1. The summed E-state index contributed by atoms with van der Waals surface area (Å²) in [5.41, 5.74) is 0.355. The molecule has 5 heteroatoms. The Morgan fingerprint density at radius 1 is 1.44 bits per heavy atom. The van der Waals surface area contributed by atoms with Crippen LogP contribution in [0.5, 0.6) is 0 Å². The molecule has 94 valence electrons. The van der Waals surface area contributed by atoms with Crippen molar-refractivity contribution in [2.45, 2.75) is 26.3 Å². The molecule has 0 saturated heterocycles. The second kappa shape index (κ2) is 5.08. The Hall–Kier alpha value is -2.04. The molecule has 1 aromatic carbocycles. The van der Waals surface area contributed by atoms with Gasteiger partial charge in [-0.2, -0.15) is 5.10 Å². The van der Waals surface area contributed by atoms with Gasteiger partial charge in [-0.25, -0.2) is 14.1 Å². The van der Waals surface area contributed by atoms with Gasteiger partial charge in [0, 0.05) is 11.6 Å². The van der Waals surface area contributed by atoms with Gasteiger partial charge in [0.25, 0.3) is 0 Å². The molecule has 0 aliphatic heterocycles. The van der Waals surface area contributed by atoms with Crippen molar-refractivity contribution in [2.75, 3.05) is 0 Å². The number of Topliss-reactive ketones (excluding diaryl/α,β-unsaturated/α-hetero) is 1. The summed E-state index contributed by atoms with van der Waals surface area (Å²) in [6, 6.07) is 5.81. The fraction of sp³-hybridized carbons (Fsp3) is 0.308. The Bertz CT molecular complexity index is 563. The van der Waals surface area contributed by atoms with Gasteiger partial charge in [0.2, 0.25) is 0 Å². The highest BCUT2D eigenvalue weighted by atomic mass is 19.1. The maximum absolute atomic E-state index is 13.0. The van der Waals surface area contributed by atoms with Crippen LogP contribution < -0.4 is 0 Å². The molecule has 0 radical (unpaired) electrons. The third kappa shape index (κ3) is 2.61. The summed E-state index contributed by atoms with van der Waals surface area (Å²) < 4.78 is 14.7. The molecule has 0 aliphatic rings. The van der Waals surface area contributed by atoms with Crippen molar-refractivity contribution in [3.63, 3.8) is 0 Å². The van der Waals surface area contributed by atoms with Gasteiger partial charge in [0.15, 0.2) is 5.78 Å². The minimum atomic E-state index is -0.411. The first-order chi connectivity index (χ1) is 8.58. The molecule has 2 rings (SSSR count). The number of carbonyl (C=O) groups excluding carboxylic acids is 1. The van der Waals surface area contributed by atoms with Crippen LogP contribution in [0.1, 0.15) is 36.1 Å². The Morgan fingerprint density at radius 2 is 2.22 bits per heavy atom. The number of halogens is 1. The average molecular weight is 247 g/mol.